The van der Waals surface area contributed by atoms with E-state index in [1.165, 1.54) is 11.1 Å². The molecular weight excluding hydrogens is 166 g/mol. The number of benzene rings is 1. The number of hydrogen-bond acceptors (Lipinski definition) is 2. The van der Waals surface area contributed by atoms with Crippen molar-refractivity contribution in [1.82, 2.24) is 4.90 Å². The Hall–Kier alpha value is -0.470. The van der Waals surface area contributed by atoms with E-state index in [1.807, 2.05) is 0 Å². The maximum absolute atomic E-state index is 4.20. The molecule has 0 fully saturated rings. The van der Waals surface area contributed by atoms with Gasteiger partial charge in [0.2, 0.25) is 0 Å². The van der Waals surface area contributed by atoms with Crippen molar-refractivity contribution < 1.29 is 0 Å². The number of hydrogen-bond donors (Lipinski definition) is 1. The van der Waals surface area contributed by atoms with Crippen molar-refractivity contribution >= 4 is 12.6 Å². The molecule has 1 rings (SSSR count). The zero-order valence-electron chi connectivity index (χ0n) is 7.62. The minimum absolute atomic E-state index is 0.800. The van der Waals surface area contributed by atoms with E-state index >= 15 is 0 Å². The third-order valence-electron chi connectivity index (χ3n) is 1.78. The van der Waals surface area contributed by atoms with Crippen molar-refractivity contribution in [2.75, 3.05) is 12.9 Å². The predicted molar refractivity (Wildman–Crippen MR) is 56.5 cm³/mol. The molecule has 1 aromatic rings. The molecule has 0 heterocycles. The van der Waals surface area contributed by atoms with Gasteiger partial charge in [0.15, 0.2) is 0 Å². The van der Waals surface area contributed by atoms with Crippen molar-refractivity contribution in [2.45, 2.75) is 13.5 Å². The van der Waals surface area contributed by atoms with E-state index < -0.39 is 0 Å². The van der Waals surface area contributed by atoms with Gasteiger partial charge in [-0.2, -0.15) is 12.6 Å². The predicted octanol–water partition coefficient (Wildman–Crippen LogP) is 2.31. The summed E-state index contributed by atoms with van der Waals surface area (Å²) in [5, 5.41) is 0. The maximum Gasteiger partial charge on any atom is 0.0414 e. The second kappa shape index (κ2) is 4.53. The van der Waals surface area contributed by atoms with E-state index in [9.17, 15) is 0 Å². The summed E-state index contributed by atoms with van der Waals surface area (Å²) in [6, 6.07) is 8.56. The third-order valence-corrected chi connectivity index (χ3v) is 2.26. The van der Waals surface area contributed by atoms with Crippen molar-refractivity contribution in [2.24, 2.45) is 0 Å². The Kier molecular flexibility index (Phi) is 3.63. The lowest BCUT2D eigenvalue weighted by Gasteiger charge is -2.13. The van der Waals surface area contributed by atoms with Crippen molar-refractivity contribution in [3.05, 3.63) is 35.4 Å². The van der Waals surface area contributed by atoms with Gasteiger partial charge in [-0.3, -0.25) is 4.90 Å². The molecule has 0 N–H and O–H groups in total. The van der Waals surface area contributed by atoms with Crippen molar-refractivity contribution in [3.8, 4) is 0 Å². The van der Waals surface area contributed by atoms with Crippen LogP contribution in [0.1, 0.15) is 11.1 Å². The summed E-state index contributed by atoms with van der Waals surface area (Å²) in [5.74, 6) is 0.800. The fourth-order valence-corrected chi connectivity index (χ4v) is 1.27. The molecule has 2 heteroatoms. The van der Waals surface area contributed by atoms with Gasteiger partial charge in [-0.15, -0.1) is 0 Å². The third kappa shape index (κ3) is 2.88. The van der Waals surface area contributed by atoms with Crippen molar-refractivity contribution in [1.29, 1.82) is 0 Å². The van der Waals surface area contributed by atoms with Crippen LogP contribution in [0, 0.1) is 6.92 Å². The van der Waals surface area contributed by atoms with Crippen LogP contribution < -0.4 is 0 Å². The Morgan fingerprint density at radius 3 is 2.75 bits per heavy atom. The fourth-order valence-electron chi connectivity index (χ4n) is 1.17. The van der Waals surface area contributed by atoms with Gasteiger partial charge in [0.25, 0.3) is 0 Å². The zero-order chi connectivity index (χ0) is 8.97. The summed E-state index contributed by atoms with van der Waals surface area (Å²) in [6.45, 7) is 3.09. The Morgan fingerprint density at radius 1 is 1.42 bits per heavy atom. The van der Waals surface area contributed by atoms with Gasteiger partial charge < -0.3 is 0 Å². The van der Waals surface area contributed by atoms with Crippen LogP contribution in [0.15, 0.2) is 24.3 Å². The summed E-state index contributed by atoms with van der Waals surface area (Å²) < 4.78 is 0. The quantitative estimate of drug-likeness (QED) is 0.553. The lowest BCUT2D eigenvalue weighted by molar-refractivity contribution is 0.387. The highest BCUT2D eigenvalue weighted by Crippen LogP contribution is 2.06. The molecule has 0 spiro atoms. The second-order valence-electron chi connectivity index (χ2n) is 3.14. The Bertz CT molecular complexity index is 247. The Balaban J connectivity index is 2.63. The summed E-state index contributed by atoms with van der Waals surface area (Å²) in [6.07, 6.45) is 0. The number of thiol groups is 1. The van der Waals surface area contributed by atoms with Crippen molar-refractivity contribution in [3.63, 3.8) is 0 Å². The topological polar surface area (TPSA) is 3.24 Å². The first-order chi connectivity index (χ1) is 5.72. The highest BCUT2D eigenvalue weighted by molar-refractivity contribution is 7.80. The number of nitrogens with zero attached hydrogens (tertiary/aromatic N) is 1. The average molecular weight is 181 g/mol. The first-order valence-corrected chi connectivity index (χ1v) is 4.70. The summed E-state index contributed by atoms with van der Waals surface area (Å²) in [4.78, 5) is 2.16. The molecule has 0 atom stereocenters. The monoisotopic (exact) mass is 181 g/mol. The molecule has 0 radical (unpaired) electrons. The molecule has 0 bridgehead atoms. The summed E-state index contributed by atoms with van der Waals surface area (Å²) >= 11 is 4.20. The Labute approximate surface area is 79.8 Å². The minimum Gasteiger partial charge on any atom is -0.293 e. The maximum atomic E-state index is 4.20. The van der Waals surface area contributed by atoms with Gasteiger partial charge in [-0.05, 0) is 19.5 Å². The first kappa shape index (κ1) is 9.62. The zero-order valence-corrected chi connectivity index (χ0v) is 8.51. The molecule has 0 saturated heterocycles. The van der Waals surface area contributed by atoms with E-state index in [0.29, 0.717) is 0 Å². The number of aryl methyl sites for hydroxylation is 1. The molecule has 1 aromatic carbocycles. The molecule has 0 unspecified atom stereocenters. The molecule has 0 aliphatic rings. The molecule has 0 aromatic heterocycles. The van der Waals surface area contributed by atoms with Gasteiger partial charge >= 0.3 is 0 Å². The van der Waals surface area contributed by atoms with E-state index in [4.69, 9.17) is 0 Å². The van der Waals surface area contributed by atoms with Crippen LogP contribution in [-0.4, -0.2) is 17.8 Å². The van der Waals surface area contributed by atoms with Gasteiger partial charge in [-0.25, -0.2) is 0 Å². The molecule has 1 nitrogen and oxygen atoms in total. The normalized spacial score (nSPS) is 10.7. The van der Waals surface area contributed by atoms with Gasteiger partial charge in [0.05, 0.1) is 0 Å². The molecular formula is C10H15NS. The summed E-state index contributed by atoms with van der Waals surface area (Å²) in [7, 11) is 2.06. The molecule has 66 valence electrons. The van der Waals surface area contributed by atoms with E-state index in [-0.39, 0.29) is 0 Å². The largest absolute Gasteiger partial charge is 0.293 e. The number of rotatable bonds is 3. The smallest absolute Gasteiger partial charge is 0.0414 e. The average Bonchev–Trinajstić information content (AvgIpc) is 2.04. The molecule has 0 saturated carbocycles. The van der Waals surface area contributed by atoms with E-state index in [0.717, 1.165) is 12.4 Å². The second-order valence-corrected chi connectivity index (χ2v) is 3.43. The van der Waals surface area contributed by atoms with Crippen LogP contribution in [-0.2, 0) is 6.54 Å². The first-order valence-electron chi connectivity index (χ1n) is 4.07. The van der Waals surface area contributed by atoms with Crippen LogP contribution in [0.25, 0.3) is 0 Å². The van der Waals surface area contributed by atoms with Crippen LogP contribution in [0.5, 0.6) is 0 Å². The van der Waals surface area contributed by atoms with Gasteiger partial charge in [0.1, 0.15) is 0 Å². The molecule has 12 heavy (non-hydrogen) atoms. The highest BCUT2D eigenvalue weighted by Gasteiger charge is 1.96. The minimum atomic E-state index is 0.800. The SMILES string of the molecule is Cc1cccc(CN(C)CS)c1. The van der Waals surface area contributed by atoms with Crippen LogP contribution in [0.4, 0.5) is 0 Å². The lowest BCUT2D eigenvalue weighted by Crippen LogP contribution is -2.15. The van der Waals surface area contributed by atoms with Gasteiger partial charge in [0, 0.05) is 12.4 Å². The summed E-state index contributed by atoms with van der Waals surface area (Å²) in [5.41, 5.74) is 2.67. The molecule has 0 aliphatic heterocycles. The fraction of sp³-hybridized carbons (Fsp3) is 0.400. The lowest BCUT2D eigenvalue weighted by atomic mass is 10.1. The van der Waals surface area contributed by atoms with Crippen LogP contribution in [0.2, 0.25) is 0 Å². The van der Waals surface area contributed by atoms with E-state index in [2.05, 4.69) is 55.8 Å². The van der Waals surface area contributed by atoms with Crippen LogP contribution in [0.3, 0.4) is 0 Å². The van der Waals surface area contributed by atoms with Gasteiger partial charge in [-0.1, -0.05) is 29.8 Å². The van der Waals surface area contributed by atoms with Crippen LogP contribution >= 0.6 is 12.6 Å². The molecule has 0 aliphatic carbocycles. The highest BCUT2D eigenvalue weighted by atomic mass is 32.1. The van der Waals surface area contributed by atoms with E-state index in [1.54, 1.807) is 0 Å². The Morgan fingerprint density at radius 2 is 2.17 bits per heavy atom. The molecule has 0 amide bonds. The standard InChI is InChI=1S/C10H15NS/c1-9-4-3-5-10(6-9)7-11(2)8-12/h3-6,12H,7-8H2,1-2H3.